The zero-order chi connectivity index (χ0) is 24.3. The van der Waals surface area contributed by atoms with Gasteiger partial charge >= 0.3 is 0 Å². The minimum Gasteiger partial charge on any atom is -0.493 e. The van der Waals surface area contributed by atoms with Crippen molar-refractivity contribution >= 4 is 21.7 Å². The molecule has 36 heavy (non-hydrogen) atoms. The van der Waals surface area contributed by atoms with Crippen molar-refractivity contribution in [2.75, 3.05) is 6.61 Å². The fourth-order valence-electron chi connectivity index (χ4n) is 5.96. The summed E-state index contributed by atoms with van der Waals surface area (Å²) >= 11 is 0. The number of aromatic nitrogens is 1. The van der Waals surface area contributed by atoms with Crippen molar-refractivity contribution in [2.45, 2.75) is 50.6 Å². The van der Waals surface area contributed by atoms with E-state index in [2.05, 4.69) is 114 Å². The van der Waals surface area contributed by atoms with Crippen LogP contribution in [0.2, 0.25) is 0 Å². The molecule has 1 aromatic heterocycles. The predicted octanol–water partition coefficient (Wildman–Crippen LogP) is 7.93. The number of hydrogen-bond acceptors (Lipinski definition) is 2. The highest BCUT2D eigenvalue weighted by Gasteiger charge is 2.27. The van der Waals surface area contributed by atoms with Crippen LogP contribution in [0.3, 0.4) is 0 Å². The van der Waals surface area contributed by atoms with Crippen molar-refractivity contribution in [3.63, 3.8) is 0 Å². The zero-order valence-corrected chi connectivity index (χ0v) is 20.9. The molecule has 1 saturated carbocycles. The summed E-state index contributed by atoms with van der Waals surface area (Å²) in [5, 5.41) is 7.89. The molecule has 4 aromatic carbocycles. The van der Waals surface area contributed by atoms with E-state index < -0.39 is 0 Å². The molecule has 3 unspecified atom stereocenters. The third-order valence-electron chi connectivity index (χ3n) is 7.87. The molecule has 3 nitrogen and oxygen atoms in total. The largest absolute Gasteiger partial charge is 0.493 e. The van der Waals surface area contributed by atoms with E-state index in [4.69, 9.17) is 4.74 Å². The molecule has 3 heteroatoms. The predicted molar refractivity (Wildman–Crippen MR) is 150 cm³/mol. The van der Waals surface area contributed by atoms with Gasteiger partial charge in [0.1, 0.15) is 5.75 Å². The summed E-state index contributed by atoms with van der Waals surface area (Å²) in [6.45, 7) is 2.99. The van der Waals surface area contributed by atoms with Gasteiger partial charge in [-0.1, -0.05) is 72.8 Å². The molecule has 2 N–H and O–H groups in total. The average Bonchev–Trinajstić information content (AvgIpc) is 3.56. The van der Waals surface area contributed by atoms with Crippen LogP contribution in [0.4, 0.5) is 0 Å². The fourth-order valence-corrected chi connectivity index (χ4v) is 5.96. The highest BCUT2D eigenvalue weighted by molar-refractivity contribution is 5.86. The van der Waals surface area contributed by atoms with Crippen LogP contribution < -0.4 is 10.1 Å². The molecule has 0 spiro atoms. The summed E-state index contributed by atoms with van der Waals surface area (Å²) in [4.78, 5) is 3.35. The SMILES string of the molecule is CC(NC1CCC(c2ccc(OCCc3c[nH]c4ccccc34)cc2)C1)c1cccc2ccccc12. The second-order valence-corrected chi connectivity index (χ2v) is 10.2. The maximum Gasteiger partial charge on any atom is 0.119 e. The maximum atomic E-state index is 6.08. The number of para-hydroxylation sites is 1. The minimum atomic E-state index is 0.341. The van der Waals surface area contributed by atoms with Crippen LogP contribution in [0.15, 0.2) is 97.2 Å². The lowest BCUT2D eigenvalue weighted by Crippen LogP contribution is -2.29. The Kier molecular flexibility index (Phi) is 6.48. The fraction of sp³-hybridized carbons (Fsp3) is 0.273. The summed E-state index contributed by atoms with van der Waals surface area (Å²) in [5.41, 5.74) is 5.32. The maximum absolute atomic E-state index is 6.08. The lowest BCUT2D eigenvalue weighted by molar-refractivity contribution is 0.322. The molecular formula is C33H34N2O. The van der Waals surface area contributed by atoms with Crippen LogP contribution in [0.5, 0.6) is 5.75 Å². The Labute approximate surface area is 213 Å². The molecule has 1 aliphatic rings. The molecule has 0 amide bonds. The molecular weight excluding hydrogens is 440 g/mol. The summed E-state index contributed by atoms with van der Waals surface area (Å²) in [5.74, 6) is 1.57. The zero-order valence-electron chi connectivity index (χ0n) is 20.9. The highest BCUT2D eigenvalue weighted by Crippen LogP contribution is 2.36. The molecule has 0 saturated heterocycles. The Balaban J connectivity index is 1.03. The van der Waals surface area contributed by atoms with E-state index in [1.807, 2.05) is 0 Å². The van der Waals surface area contributed by atoms with Crippen LogP contribution in [-0.4, -0.2) is 17.6 Å². The van der Waals surface area contributed by atoms with E-state index in [1.165, 1.54) is 57.6 Å². The molecule has 0 bridgehead atoms. The van der Waals surface area contributed by atoms with E-state index >= 15 is 0 Å². The number of H-pyrrole nitrogens is 1. The average molecular weight is 475 g/mol. The van der Waals surface area contributed by atoms with Gasteiger partial charge in [0.05, 0.1) is 6.61 Å². The molecule has 6 rings (SSSR count). The monoisotopic (exact) mass is 474 g/mol. The Hall–Kier alpha value is -3.56. The summed E-state index contributed by atoms with van der Waals surface area (Å²) in [6, 6.07) is 33.5. The molecule has 0 radical (unpaired) electrons. The number of fused-ring (bicyclic) bond motifs is 2. The molecule has 1 heterocycles. The van der Waals surface area contributed by atoms with Gasteiger partial charge in [-0.25, -0.2) is 0 Å². The topological polar surface area (TPSA) is 37.0 Å². The van der Waals surface area contributed by atoms with Crippen LogP contribution in [0.25, 0.3) is 21.7 Å². The molecule has 182 valence electrons. The lowest BCUT2D eigenvalue weighted by atomic mass is 9.96. The van der Waals surface area contributed by atoms with Gasteiger partial charge in [0, 0.05) is 35.6 Å². The van der Waals surface area contributed by atoms with E-state index in [0.717, 1.165) is 12.2 Å². The van der Waals surface area contributed by atoms with Crippen LogP contribution in [-0.2, 0) is 6.42 Å². The van der Waals surface area contributed by atoms with Gasteiger partial charge in [0.15, 0.2) is 0 Å². The first-order valence-corrected chi connectivity index (χ1v) is 13.3. The highest BCUT2D eigenvalue weighted by atomic mass is 16.5. The summed E-state index contributed by atoms with van der Waals surface area (Å²) in [7, 11) is 0. The van der Waals surface area contributed by atoms with Crippen molar-refractivity contribution in [1.29, 1.82) is 0 Å². The number of hydrogen-bond donors (Lipinski definition) is 2. The Bertz CT molecular complexity index is 1450. The van der Waals surface area contributed by atoms with E-state index in [-0.39, 0.29) is 0 Å². The van der Waals surface area contributed by atoms with E-state index in [0.29, 0.717) is 24.6 Å². The van der Waals surface area contributed by atoms with E-state index in [1.54, 1.807) is 0 Å². The molecule has 1 aliphatic carbocycles. The standard InChI is InChI=1S/C33H34N2O/c1-23(30-11-6-8-25-7-2-3-9-31(25)30)35-28-16-13-26(21-28)24-14-17-29(18-15-24)36-20-19-27-22-34-33-12-5-4-10-32(27)33/h2-12,14-15,17-18,22-23,26,28,34-35H,13,16,19-21H2,1H3. The summed E-state index contributed by atoms with van der Waals surface area (Å²) < 4.78 is 6.08. The number of benzene rings is 4. The number of aromatic amines is 1. The number of nitrogens with one attached hydrogen (secondary N) is 2. The Morgan fingerprint density at radius 1 is 0.861 bits per heavy atom. The summed E-state index contributed by atoms with van der Waals surface area (Å²) in [6.07, 6.45) is 6.65. The van der Waals surface area contributed by atoms with Gasteiger partial charge in [-0.05, 0) is 77.8 Å². The van der Waals surface area contributed by atoms with Gasteiger partial charge in [-0.15, -0.1) is 0 Å². The minimum absolute atomic E-state index is 0.341. The third-order valence-corrected chi connectivity index (χ3v) is 7.87. The first kappa shape index (κ1) is 22.9. The van der Waals surface area contributed by atoms with Crippen molar-refractivity contribution in [2.24, 2.45) is 0 Å². The van der Waals surface area contributed by atoms with Gasteiger partial charge in [-0.3, -0.25) is 0 Å². The second-order valence-electron chi connectivity index (χ2n) is 10.2. The first-order valence-electron chi connectivity index (χ1n) is 13.3. The molecule has 5 aromatic rings. The molecule has 1 fully saturated rings. The van der Waals surface area contributed by atoms with Gasteiger partial charge < -0.3 is 15.0 Å². The van der Waals surface area contributed by atoms with Crippen molar-refractivity contribution in [1.82, 2.24) is 10.3 Å². The van der Waals surface area contributed by atoms with Crippen molar-refractivity contribution in [3.8, 4) is 5.75 Å². The quantitative estimate of drug-likeness (QED) is 0.240. The van der Waals surface area contributed by atoms with Crippen LogP contribution in [0.1, 0.15) is 54.8 Å². The lowest BCUT2D eigenvalue weighted by Gasteiger charge is -2.21. The van der Waals surface area contributed by atoms with Crippen LogP contribution in [0, 0.1) is 0 Å². The van der Waals surface area contributed by atoms with Crippen molar-refractivity contribution in [3.05, 3.63) is 114 Å². The molecule has 0 aliphatic heterocycles. The van der Waals surface area contributed by atoms with E-state index in [9.17, 15) is 0 Å². The molecule has 3 atom stereocenters. The number of rotatable bonds is 8. The van der Waals surface area contributed by atoms with Gasteiger partial charge in [0.2, 0.25) is 0 Å². The first-order chi connectivity index (χ1) is 17.7. The smallest absolute Gasteiger partial charge is 0.119 e. The van der Waals surface area contributed by atoms with Gasteiger partial charge in [0.25, 0.3) is 0 Å². The Morgan fingerprint density at radius 2 is 1.64 bits per heavy atom. The third kappa shape index (κ3) is 4.76. The Morgan fingerprint density at radius 3 is 2.53 bits per heavy atom. The normalized spacial score (nSPS) is 18.6. The number of ether oxygens (including phenoxy) is 1. The second kappa shape index (κ2) is 10.2. The van der Waals surface area contributed by atoms with Crippen LogP contribution >= 0.6 is 0 Å². The van der Waals surface area contributed by atoms with Gasteiger partial charge in [-0.2, -0.15) is 0 Å². The van der Waals surface area contributed by atoms with Crippen molar-refractivity contribution < 1.29 is 4.74 Å².